The molecule has 4 heteroatoms. The number of hydrogen-bond donors (Lipinski definition) is 2. The SMILES string of the molecule is COc1cccc([C@H](C)NC(=O)CC2(CN)CCC2)c1. The Morgan fingerprint density at radius 3 is 2.80 bits per heavy atom. The van der Waals surface area contributed by atoms with Crippen molar-refractivity contribution in [3.63, 3.8) is 0 Å². The van der Waals surface area contributed by atoms with Crippen LogP contribution < -0.4 is 15.8 Å². The molecule has 0 spiro atoms. The average molecular weight is 276 g/mol. The molecule has 3 N–H and O–H groups in total. The van der Waals surface area contributed by atoms with E-state index >= 15 is 0 Å². The molecule has 0 bridgehead atoms. The van der Waals surface area contributed by atoms with Crippen molar-refractivity contribution >= 4 is 5.91 Å². The van der Waals surface area contributed by atoms with E-state index in [1.54, 1.807) is 7.11 Å². The monoisotopic (exact) mass is 276 g/mol. The summed E-state index contributed by atoms with van der Waals surface area (Å²) in [6, 6.07) is 7.76. The van der Waals surface area contributed by atoms with Gasteiger partial charge in [-0.2, -0.15) is 0 Å². The van der Waals surface area contributed by atoms with Gasteiger partial charge >= 0.3 is 0 Å². The summed E-state index contributed by atoms with van der Waals surface area (Å²) in [6.07, 6.45) is 3.88. The van der Waals surface area contributed by atoms with Crippen LogP contribution in [0, 0.1) is 5.41 Å². The molecule has 0 unspecified atom stereocenters. The van der Waals surface area contributed by atoms with Crippen LogP contribution in [-0.2, 0) is 4.79 Å². The number of amides is 1. The molecule has 1 atom stereocenters. The van der Waals surface area contributed by atoms with E-state index in [9.17, 15) is 4.79 Å². The van der Waals surface area contributed by atoms with Crippen molar-refractivity contribution < 1.29 is 9.53 Å². The maximum absolute atomic E-state index is 12.2. The fourth-order valence-corrected chi connectivity index (χ4v) is 2.76. The van der Waals surface area contributed by atoms with Gasteiger partial charge in [0.1, 0.15) is 5.75 Å². The van der Waals surface area contributed by atoms with Gasteiger partial charge < -0.3 is 15.8 Å². The Kier molecular flexibility index (Phi) is 4.65. The molecular formula is C16H24N2O2. The van der Waals surface area contributed by atoms with Crippen LogP contribution in [-0.4, -0.2) is 19.6 Å². The Morgan fingerprint density at radius 2 is 2.25 bits per heavy atom. The predicted octanol–water partition coefficient (Wildman–Crippen LogP) is 2.39. The molecule has 0 radical (unpaired) electrons. The van der Waals surface area contributed by atoms with E-state index in [1.165, 1.54) is 6.42 Å². The number of hydrogen-bond acceptors (Lipinski definition) is 3. The molecule has 1 aromatic carbocycles. The molecule has 20 heavy (non-hydrogen) atoms. The van der Waals surface area contributed by atoms with Crippen molar-refractivity contribution in [3.8, 4) is 5.75 Å². The maximum atomic E-state index is 12.2. The Balaban J connectivity index is 1.93. The van der Waals surface area contributed by atoms with Gasteiger partial charge in [-0.15, -0.1) is 0 Å². The number of methoxy groups -OCH3 is 1. The molecule has 2 rings (SSSR count). The van der Waals surface area contributed by atoms with Crippen LogP contribution in [0.3, 0.4) is 0 Å². The van der Waals surface area contributed by atoms with Crippen LogP contribution in [0.4, 0.5) is 0 Å². The van der Waals surface area contributed by atoms with E-state index in [0.717, 1.165) is 24.2 Å². The van der Waals surface area contributed by atoms with Crippen molar-refractivity contribution in [2.24, 2.45) is 11.1 Å². The number of benzene rings is 1. The van der Waals surface area contributed by atoms with Crippen molar-refractivity contribution in [1.29, 1.82) is 0 Å². The molecule has 1 amide bonds. The summed E-state index contributed by atoms with van der Waals surface area (Å²) in [5.41, 5.74) is 6.90. The number of carbonyl (C=O) groups is 1. The lowest BCUT2D eigenvalue weighted by molar-refractivity contribution is -0.125. The van der Waals surface area contributed by atoms with Crippen molar-refractivity contribution in [1.82, 2.24) is 5.32 Å². The van der Waals surface area contributed by atoms with Crippen LogP contribution in [0.15, 0.2) is 24.3 Å². The zero-order valence-corrected chi connectivity index (χ0v) is 12.3. The van der Waals surface area contributed by atoms with Crippen LogP contribution in [0.2, 0.25) is 0 Å². The number of nitrogens with two attached hydrogens (primary N) is 1. The van der Waals surface area contributed by atoms with Gasteiger partial charge in [0.05, 0.1) is 13.2 Å². The molecule has 1 aliphatic rings. The Hall–Kier alpha value is -1.55. The van der Waals surface area contributed by atoms with Gasteiger partial charge in [0.2, 0.25) is 5.91 Å². The lowest BCUT2D eigenvalue weighted by atomic mass is 9.66. The maximum Gasteiger partial charge on any atom is 0.221 e. The second-order valence-corrected chi connectivity index (χ2v) is 5.80. The average Bonchev–Trinajstić information content (AvgIpc) is 2.43. The van der Waals surface area contributed by atoms with E-state index in [0.29, 0.717) is 13.0 Å². The number of ether oxygens (including phenoxy) is 1. The van der Waals surface area contributed by atoms with Crippen LogP contribution in [0.1, 0.15) is 44.2 Å². The highest BCUT2D eigenvalue weighted by Crippen LogP contribution is 2.42. The summed E-state index contributed by atoms with van der Waals surface area (Å²) >= 11 is 0. The zero-order chi connectivity index (χ0) is 14.6. The largest absolute Gasteiger partial charge is 0.497 e. The molecule has 1 saturated carbocycles. The first-order valence-corrected chi connectivity index (χ1v) is 7.22. The third-order valence-electron chi connectivity index (χ3n) is 4.35. The predicted molar refractivity (Wildman–Crippen MR) is 79.5 cm³/mol. The highest BCUT2D eigenvalue weighted by Gasteiger charge is 2.37. The highest BCUT2D eigenvalue weighted by molar-refractivity contribution is 5.77. The molecule has 0 aromatic heterocycles. The van der Waals surface area contributed by atoms with Gasteiger partial charge in [0.15, 0.2) is 0 Å². The van der Waals surface area contributed by atoms with E-state index in [-0.39, 0.29) is 17.4 Å². The number of nitrogens with one attached hydrogen (secondary N) is 1. The highest BCUT2D eigenvalue weighted by atomic mass is 16.5. The normalized spacial score (nSPS) is 17.9. The van der Waals surface area contributed by atoms with Crippen LogP contribution in [0.25, 0.3) is 0 Å². The fourth-order valence-electron chi connectivity index (χ4n) is 2.76. The molecule has 110 valence electrons. The third kappa shape index (κ3) is 3.31. The van der Waals surface area contributed by atoms with Gasteiger partial charge in [-0.3, -0.25) is 4.79 Å². The molecular weight excluding hydrogens is 252 g/mol. The summed E-state index contributed by atoms with van der Waals surface area (Å²) in [7, 11) is 1.64. The molecule has 1 fully saturated rings. The second kappa shape index (κ2) is 6.27. The van der Waals surface area contributed by atoms with E-state index in [2.05, 4.69) is 5.32 Å². The van der Waals surface area contributed by atoms with Gasteiger partial charge in [-0.25, -0.2) is 0 Å². The second-order valence-electron chi connectivity index (χ2n) is 5.80. The minimum atomic E-state index is -0.0208. The zero-order valence-electron chi connectivity index (χ0n) is 12.3. The molecule has 0 heterocycles. The first kappa shape index (κ1) is 14.9. The smallest absolute Gasteiger partial charge is 0.221 e. The van der Waals surface area contributed by atoms with Crippen molar-refractivity contribution in [3.05, 3.63) is 29.8 Å². The summed E-state index contributed by atoms with van der Waals surface area (Å²) in [4.78, 5) is 12.2. The quantitative estimate of drug-likeness (QED) is 0.838. The topological polar surface area (TPSA) is 64.3 Å². The van der Waals surface area contributed by atoms with Crippen molar-refractivity contribution in [2.45, 2.75) is 38.6 Å². The van der Waals surface area contributed by atoms with E-state index < -0.39 is 0 Å². The van der Waals surface area contributed by atoms with E-state index in [1.807, 2.05) is 31.2 Å². The Bertz CT molecular complexity index is 464. The third-order valence-corrected chi connectivity index (χ3v) is 4.35. The fraction of sp³-hybridized carbons (Fsp3) is 0.562. The summed E-state index contributed by atoms with van der Waals surface area (Å²) in [6.45, 7) is 2.59. The molecule has 0 aliphatic heterocycles. The lowest BCUT2D eigenvalue weighted by Gasteiger charge is -2.40. The van der Waals surface area contributed by atoms with E-state index in [4.69, 9.17) is 10.5 Å². The summed E-state index contributed by atoms with van der Waals surface area (Å²) in [5.74, 6) is 0.895. The summed E-state index contributed by atoms with van der Waals surface area (Å²) < 4.78 is 5.21. The standard InChI is InChI=1S/C16H24N2O2/c1-12(13-5-3-6-14(9-13)20-2)18-15(19)10-16(11-17)7-4-8-16/h3,5-6,9,12H,4,7-8,10-11,17H2,1-2H3,(H,18,19)/t12-/m0/s1. The first-order chi connectivity index (χ1) is 9.58. The van der Waals surface area contributed by atoms with Gasteiger partial charge in [0.25, 0.3) is 0 Å². The van der Waals surface area contributed by atoms with Gasteiger partial charge in [-0.1, -0.05) is 18.6 Å². The molecule has 1 aliphatic carbocycles. The minimum Gasteiger partial charge on any atom is -0.497 e. The minimum absolute atomic E-state index is 0.0208. The summed E-state index contributed by atoms with van der Waals surface area (Å²) in [5, 5.41) is 3.06. The van der Waals surface area contributed by atoms with Crippen LogP contribution >= 0.6 is 0 Å². The Labute approximate surface area is 120 Å². The molecule has 1 aromatic rings. The first-order valence-electron chi connectivity index (χ1n) is 7.22. The van der Waals surface area contributed by atoms with Crippen molar-refractivity contribution in [2.75, 3.05) is 13.7 Å². The van der Waals surface area contributed by atoms with Gasteiger partial charge in [0, 0.05) is 6.42 Å². The van der Waals surface area contributed by atoms with Gasteiger partial charge in [-0.05, 0) is 49.4 Å². The number of carbonyl (C=O) groups excluding carboxylic acids is 1. The number of rotatable bonds is 6. The molecule has 0 saturated heterocycles. The van der Waals surface area contributed by atoms with Crippen LogP contribution in [0.5, 0.6) is 5.75 Å². The lowest BCUT2D eigenvalue weighted by Crippen LogP contribution is -2.42. The molecule has 4 nitrogen and oxygen atoms in total. The Morgan fingerprint density at radius 1 is 1.50 bits per heavy atom.